The van der Waals surface area contributed by atoms with Crippen LogP contribution in [0.5, 0.6) is 0 Å². The fourth-order valence-electron chi connectivity index (χ4n) is 5.09. The molecule has 1 unspecified atom stereocenters. The SMILES string of the molecule is C=C(C)CC1(NC(=O)C(=C)/C=C(\PC)c2ccc(C)cc2F)CN(C2CCC(C)CC2)C1. The van der Waals surface area contributed by atoms with Gasteiger partial charge in [-0.3, -0.25) is 9.69 Å². The van der Waals surface area contributed by atoms with E-state index in [1.165, 1.54) is 31.7 Å². The molecule has 2 fully saturated rings. The third kappa shape index (κ3) is 5.97. The van der Waals surface area contributed by atoms with Crippen LogP contribution in [0.2, 0.25) is 0 Å². The monoisotopic (exact) mass is 456 g/mol. The van der Waals surface area contributed by atoms with Crippen LogP contribution in [0.15, 0.2) is 48.6 Å². The molecular formula is C27H38FN2OP. The number of carbonyl (C=O) groups is 1. The summed E-state index contributed by atoms with van der Waals surface area (Å²) in [7, 11) is 0.358. The lowest BCUT2D eigenvalue weighted by Crippen LogP contribution is -2.72. The van der Waals surface area contributed by atoms with Crippen molar-refractivity contribution in [2.75, 3.05) is 19.8 Å². The largest absolute Gasteiger partial charge is 0.344 e. The lowest BCUT2D eigenvalue weighted by Gasteiger charge is -2.55. The minimum absolute atomic E-state index is 0.175. The highest BCUT2D eigenvalue weighted by Crippen LogP contribution is 2.36. The van der Waals surface area contributed by atoms with Gasteiger partial charge >= 0.3 is 0 Å². The Balaban J connectivity index is 1.69. The van der Waals surface area contributed by atoms with E-state index in [9.17, 15) is 9.18 Å². The Morgan fingerprint density at radius 1 is 1.28 bits per heavy atom. The van der Waals surface area contributed by atoms with Crippen molar-refractivity contribution >= 4 is 19.8 Å². The van der Waals surface area contributed by atoms with Gasteiger partial charge in [0.2, 0.25) is 0 Å². The number of halogens is 1. The van der Waals surface area contributed by atoms with Gasteiger partial charge < -0.3 is 5.32 Å². The number of hydrogen-bond donors (Lipinski definition) is 1. The van der Waals surface area contributed by atoms with Crippen LogP contribution in [0.1, 0.15) is 57.1 Å². The van der Waals surface area contributed by atoms with Crippen LogP contribution < -0.4 is 5.32 Å². The van der Waals surface area contributed by atoms with E-state index in [0.29, 0.717) is 25.8 Å². The van der Waals surface area contributed by atoms with E-state index in [-0.39, 0.29) is 17.3 Å². The Hall–Kier alpha value is -1.77. The van der Waals surface area contributed by atoms with Gasteiger partial charge in [0.05, 0.1) is 5.54 Å². The standard InChI is InChI=1S/C27H38FN2OP/c1-18(2)15-27(16-30(17-27)22-10-7-19(3)8-11-22)29-26(31)21(5)14-25(32-6)23-12-9-20(4)13-24(23)28/h9,12-14,19,22,32H,1,5,7-8,10-11,15-17H2,2-4,6H3,(H,29,31)/b25-14-. The van der Waals surface area contributed by atoms with E-state index in [1.807, 2.05) is 26.6 Å². The molecule has 1 aromatic carbocycles. The van der Waals surface area contributed by atoms with E-state index in [0.717, 1.165) is 41.9 Å². The molecule has 1 saturated carbocycles. The van der Waals surface area contributed by atoms with Gasteiger partial charge in [-0.05, 0) is 81.6 Å². The Morgan fingerprint density at radius 2 is 1.94 bits per heavy atom. The second-order valence-corrected chi connectivity index (χ2v) is 11.0. The van der Waals surface area contributed by atoms with Crippen molar-refractivity contribution in [3.63, 3.8) is 0 Å². The summed E-state index contributed by atoms with van der Waals surface area (Å²) in [5, 5.41) is 4.08. The highest BCUT2D eigenvalue weighted by molar-refractivity contribution is 7.49. The number of nitrogens with one attached hydrogen (secondary N) is 1. The molecule has 1 aromatic rings. The molecule has 0 aromatic heterocycles. The molecule has 1 saturated heterocycles. The van der Waals surface area contributed by atoms with Gasteiger partial charge in [0.1, 0.15) is 5.82 Å². The van der Waals surface area contributed by atoms with Crippen molar-refractivity contribution in [2.45, 2.75) is 64.5 Å². The van der Waals surface area contributed by atoms with Gasteiger partial charge in [-0.1, -0.05) is 39.8 Å². The first-order valence-electron chi connectivity index (χ1n) is 11.7. The molecule has 1 atom stereocenters. The molecular weight excluding hydrogens is 418 g/mol. The molecule has 0 radical (unpaired) electrons. The Morgan fingerprint density at radius 3 is 2.50 bits per heavy atom. The molecule has 3 rings (SSSR count). The number of benzene rings is 1. The molecule has 2 aliphatic rings. The first-order valence-corrected chi connectivity index (χ1v) is 13.2. The molecule has 5 heteroatoms. The van der Waals surface area contributed by atoms with Crippen LogP contribution in [0.3, 0.4) is 0 Å². The summed E-state index contributed by atoms with van der Waals surface area (Å²) in [5.41, 5.74) is 2.59. The maximum absolute atomic E-state index is 14.5. The van der Waals surface area contributed by atoms with E-state index in [2.05, 4.69) is 30.3 Å². The lowest BCUT2D eigenvalue weighted by atomic mass is 9.78. The first-order chi connectivity index (χ1) is 15.1. The molecule has 1 aliphatic carbocycles. The zero-order valence-electron chi connectivity index (χ0n) is 20.1. The van der Waals surface area contributed by atoms with Crippen LogP contribution in [0.4, 0.5) is 4.39 Å². The predicted octanol–water partition coefficient (Wildman–Crippen LogP) is 6.06. The normalized spacial score (nSPS) is 23.7. The van der Waals surface area contributed by atoms with E-state index < -0.39 is 0 Å². The second-order valence-electron chi connectivity index (χ2n) is 10.0. The maximum Gasteiger partial charge on any atom is 0.251 e. The smallest absolute Gasteiger partial charge is 0.251 e. The molecule has 174 valence electrons. The third-order valence-electron chi connectivity index (χ3n) is 6.83. The number of likely N-dealkylation sites (tertiary alicyclic amines) is 1. The van der Waals surface area contributed by atoms with Crippen molar-refractivity contribution in [3.05, 3.63) is 65.5 Å². The molecule has 1 aliphatic heterocycles. The summed E-state index contributed by atoms with van der Waals surface area (Å²) in [6.07, 6.45) is 7.59. The fourth-order valence-corrected chi connectivity index (χ4v) is 5.88. The topological polar surface area (TPSA) is 32.3 Å². The zero-order chi connectivity index (χ0) is 23.5. The predicted molar refractivity (Wildman–Crippen MR) is 136 cm³/mol. The molecule has 32 heavy (non-hydrogen) atoms. The van der Waals surface area contributed by atoms with Crippen molar-refractivity contribution in [3.8, 4) is 0 Å². The average molecular weight is 457 g/mol. The Bertz CT molecular complexity index is 908. The molecule has 3 nitrogen and oxygen atoms in total. The quantitative estimate of drug-likeness (QED) is 0.223. The number of amides is 1. The van der Waals surface area contributed by atoms with Gasteiger partial charge in [0, 0.05) is 30.3 Å². The van der Waals surface area contributed by atoms with Gasteiger partial charge in [-0.15, -0.1) is 6.58 Å². The number of carbonyl (C=O) groups excluding carboxylic acids is 1. The summed E-state index contributed by atoms with van der Waals surface area (Å²) >= 11 is 0. The average Bonchev–Trinajstić information content (AvgIpc) is 2.70. The Kier molecular flexibility index (Phi) is 8.11. The van der Waals surface area contributed by atoms with E-state index in [4.69, 9.17) is 0 Å². The molecule has 1 heterocycles. The highest BCUT2D eigenvalue weighted by atomic mass is 31.1. The fraction of sp³-hybridized carbons (Fsp3) is 0.519. The van der Waals surface area contributed by atoms with Gasteiger partial charge in [0.25, 0.3) is 5.91 Å². The summed E-state index contributed by atoms with van der Waals surface area (Å²) < 4.78 is 14.5. The van der Waals surface area contributed by atoms with Crippen LogP contribution in [0, 0.1) is 18.7 Å². The Labute approximate surface area is 195 Å². The number of rotatable bonds is 8. The third-order valence-corrected chi connectivity index (χ3v) is 7.78. The summed E-state index contributed by atoms with van der Waals surface area (Å²) in [5.74, 6) is 0.398. The van der Waals surface area contributed by atoms with Gasteiger partial charge in [-0.25, -0.2) is 4.39 Å². The minimum atomic E-state index is -0.285. The van der Waals surface area contributed by atoms with Gasteiger partial charge in [0.15, 0.2) is 0 Å². The van der Waals surface area contributed by atoms with Crippen LogP contribution >= 0.6 is 8.58 Å². The van der Waals surface area contributed by atoms with E-state index in [1.54, 1.807) is 12.1 Å². The van der Waals surface area contributed by atoms with Crippen LogP contribution in [0.25, 0.3) is 5.31 Å². The van der Waals surface area contributed by atoms with Crippen molar-refractivity contribution in [1.82, 2.24) is 10.2 Å². The van der Waals surface area contributed by atoms with E-state index >= 15 is 0 Å². The van der Waals surface area contributed by atoms with Crippen LogP contribution in [-0.4, -0.2) is 42.1 Å². The minimum Gasteiger partial charge on any atom is -0.344 e. The summed E-state index contributed by atoms with van der Waals surface area (Å²) in [6, 6.07) is 5.84. The van der Waals surface area contributed by atoms with Crippen molar-refractivity contribution < 1.29 is 9.18 Å². The summed E-state index contributed by atoms with van der Waals surface area (Å²) in [6.45, 7) is 18.0. The highest BCUT2D eigenvalue weighted by Gasteiger charge is 2.46. The molecule has 1 amide bonds. The molecule has 1 N–H and O–H groups in total. The van der Waals surface area contributed by atoms with Crippen molar-refractivity contribution in [2.24, 2.45) is 5.92 Å². The number of hydrogen-bond acceptors (Lipinski definition) is 2. The first kappa shape index (κ1) is 24.9. The zero-order valence-corrected chi connectivity index (χ0v) is 21.1. The number of aryl methyl sites for hydroxylation is 1. The summed E-state index contributed by atoms with van der Waals surface area (Å²) in [4.78, 5) is 15.6. The van der Waals surface area contributed by atoms with Gasteiger partial charge in [-0.2, -0.15) is 0 Å². The second kappa shape index (κ2) is 10.4. The maximum atomic E-state index is 14.5. The molecule has 0 spiro atoms. The van der Waals surface area contributed by atoms with Crippen molar-refractivity contribution in [1.29, 1.82) is 0 Å². The van der Waals surface area contributed by atoms with Crippen LogP contribution in [-0.2, 0) is 4.79 Å². The lowest BCUT2D eigenvalue weighted by molar-refractivity contribution is -0.122. The number of nitrogens with zero attached hydrogens (tertiary/aromatic N) is 1. The molecule has 0 bridgehead atoms.